The Morgan fingerprint density at radius 1 is 1.44 bits per heavy atom. The molecule has 1 aromatic rings. The van der Waals surface area contributed by atoms with Crippen molar-refractivity contribution in [3.05, 3.63) is 5.82 Å². The van der Waals surface area contributed by atoms with Crippen molar-refractivity contribution in [1.82, 2.24) is 25.5 Å². The summed E-state index contributed by atoms with van der Waals surface area (Å²) >= 11 is 0. The van der Waals surface area contributed by atoms with Gasteiger partial charge in [-0.15, -0.1) is 10.2 Å². The van der Waals surface area contributed by atoms with Crippen LogP contribution in [0.5, 0.6) is 0 Å². The normalized spacial score (nSPS) is 19.9. The van der Waals surface area contributed by atoms with Crippen molar-refractivity contribution in [2.45, 2.75) is 44.2 Å². The third-order valence-corrected chi connectivity index (χ3v) is 3.03. The van der Waals surface area contributed by atoms with Crippen molar-refractivity contribution >= 4 is 0 Å². The number of aliphatic hydroxyl groups is 1. The zero-order valence-electron chi connectivity index (χ0n) is 9.63. The van der Waals surface area contributed by atoms with Crippen LogP contribution in [0, 0.1) is 0 Å². The average Bonchev–Trinajstić information content (AvgIpc) is 2.74. The molecular formula is C10H19N5O. The smallest absolute Gasteiger partial charge is 0.204 e. The standard InChI is InChI=1S/C10H19N5O/c1-15-13-10(12-14-15)9(16)7-11-8-5-3-2-4-6-8/h8-9,11,16H,2-7H2,1H3. The Kier molecular flexibility index (Phi) is 3.84. The molecule has 6 nitrogen and oxygen atoms in total. The molecule has 6 heteroatoms. The first-order valence-corrected chi connectivity index (χ1v) is 5.91. The predicted octanol–water partition coefficient (Wildman–Crippen LogP) is 0.166. The highest BCUT2D eigenvalue weighted by atomic mass is 16.3. The maximum Gasteiger partial charge on any atom is 0.204 e. The number of hydrogen-bond donors (Lipinski definition) is 2. The van der Waals surface area contributed by atoms with E-state index in [0.29, 0.717) is 18.4 Å². The number of tetrazole rings is 1. The molecular weight excluding hydrogens is 206 g/mol. The quantitative estimate of drug-likeness (QED) is 0.763. The minimum absolute atomic E-state index is 0.394. The second-order valence-corrected chi connectivity index (χ2v) is 4.40. The van der Waals surface area contributed by atoms with E-state index in [1.807, 2.05) is 0 Å². The van der Waals surface area contributed by atoms with Gasteiger partial charge < -0.3 is 10.4 Å². The molecule has 0 saturated heterocycles. The van der Waals surface area contributed by atoms with Gasteiger partial charge in [-0.1, -0.05) is 19.3 Å². The Labute approximate surface area is 95.0 Å². The molecule has 90 valence electrons. The fourth-order valence-corrected chi connectivity index (χ4v) is 2.11. The molecule has 0 spiro atoms. The molecule has 1 aliphatic rings. The summed E-state index contributed by atoms with van der Waals surface area (Å²) in [7, 11) is 1.69. The van der Waals surface area contributed by atoms with Crippen molar-refractivity contribution in [2.75, 3.05) is 6.54 Å². The van der Waals surface area contributed by atoms with Gasteiger partial charge in [0.05, 0.1) is 7.05 Å². The van der Waals surface area contributed by atoms with Crippen molar-refractivity contribution in [1.29, 1.82) is 0 Å². The van der Waals surface area contributed by atoms with Crippen LogP contribution in [0.4, 0.5) is 0 Å². The third kappa shape index (κ3) is 2.99. The van der Waals surface area contributed by atoms with Gasteiger partial charge in [0, 0.05) is 12.6 Å². The largest absolute Gasteiger partial charge is 0.384 e. The lowest BCUT2D eigenvalue weighted by atomic mass is 9.95. The number of aromatic nitrogens is 4. The molecule has 0 aromatic carbocycles. The van der Waals surface area contributed by atoms with Gasteiger partial charge in [-0.2, -0.15) is 4.80 Å². The van der Waals surface area contributed by atoms with Crippen LogP contribution in [-0.2, 0) is 7.05 Å². The highest BCUT2D eigenvalue weighted by Crippen LogP contribution is 2.17. The van der Waals surface area contributed by atoms with E-state index in [2.05, 4.69) is 20.7 Å². The van der Waals surface area contributed by atoms with Crippen LogP contribution in [0.15, 0.2) is 0 Å². The number of rotatable bonds is 4. The van der Waals surface area contributed by atoms with E-state index in [1.54, 1.807) is 7.05 Å². The van der Waals surface area contributed by atoms with Crippen LogP contribution >= 0.6 is 0 Å². The fourth-order valence-electron chi connectivity index (χ4n) is 2.11. The van der Waals surface area contributed by atoms with Gasteiger partial charge >= 0.3 is 0 Å². The topological polar surface area (TPSA) is 75.9 Å². The van der Waals surface area contributed by atoms with E-state index in [0.717, 1.165) is 0 Å². The lowest BCUT2D eigenvalue weighted by Gasteiger charge is -2.23. The van der Waals surface area contributed by atoms with Gasteiger partial charge in [-0.25, -0.2) is 0 Å². The summed E-state index contributed by atoms with van der Waals surface area (Å²) in [6.45, 7) is 0.510. The molecule has 16 heavy (non-hydrogen) atoms. The van der Waals surface area contributed by atoms with Crippen molar-refractivity contribution in [3.63, 3.8) is 0 Å². The maximum absolute atomic E-state index is 9.82. The summed E-state index contributed by atoms with van der Waals surface area (Å²) in [6.07, 6.45) is 5.68. The molecule has 0 bridgehead atoms. The number of aryl methyl sites for hydroxylation is 1. The summed E-state index contributed by atoms with van der Waals surface area (Å²) in [4.78, 5) is 1.36. The Morgan fingerprint density at radius 2 is 2.19 bits per heavy atom. The monoisotopic (exact) mass is 225 g/mol. The highest BCUT2D eigenvalue weighted by molar-refractivity contribution is 4.86. The SMILES string of the molecule is Cn1nnc(C(O)CNC2CCCCC2)n1. The zero-order chi connectivity index (χ0) is 11.4. The molecule has 1 fully saturated rings. The molecule has 1 saturated carbocycles. The first kappa shape index (κ1) is 11.5. The molecule has 0 radical (unpaired) electrons. The van der Waals surface area contributed by atoms with E-state index in [9.17, 15) is 5.11 Å². The van der Waals surface area contributed by atoms with E-state index >= 15 is 0 Å². The molecule has 0 aliphatic heterocycles. The zero-order valence-corrected chi connectivity index (χ0v) is 9.63. The maximum atomic E-state index is 9.82. The van der Waals surface area contributed by atoms with Crippen LogP contribution in [0.3, 0.4) is 0 Å². The molecule has 0 amide bonds. The van der Waals surface area contributed by atoms with E-state index in [1.165, 1.54) is 36.9 Å². The molecule has 1 aromatic heterocycles. The number of nitrogens with one attached hydrogen (secondary N) is 1. The van der Waals surface area contributed by atoms with Gasteiger partial charge in [-0.3, -0.25) is 0 Å². The molecule has 2 N–H and O–H groups in total. The van der Waals surface area contributed by atoms with Crippen LogP contribution in [0.25, 0.3) is 0 Å². The van der Waals surface area contributed by atoms with E-state index < -0.39 is 6.10 Å². The van der Waals surface area contributed by atoms with Gasteiger partial charge in [0.15, 0.2) is 0 Å². The van der Waals surface area contributed by atoms with Crippen molar-refractivity contribution in [3.8, 4) is 0 Å². The van der Waals surface area contributed by atoms with Crippen LogP contribution in [-0.4, -0.2) is 37.9 Å². The molecule has 1 unspecified atom stereocenters. The summed E-state index contributed by atoms with van der Waals surface area (Å²) in [6, 6.07) is 0.542. The Morgan fingerprint density at radius 3 is 2.81 bits per heavy atom. The first-order valence-electron chi connectivity index (χ1n) is 5.91. The Balaban J connectivity index is 1.76. The van der Waals surface area contributed by atoms with Gasteiger partial charge in [-0.05, 0) is 18.1 Å². The van der Waals surface area contributed by atoms with Gasteiger partial charge in [0.25, 0.3) is 0 Å². The summed E-state index contributed by atoms with van der Waals surface area (Å²) in [5.74, 6) is 0.394. The van der Waals surface area contributed by atoms with Crippen LogP contribution < -0.4 is 5.32 Å². The van der Waals surface area contributed by atoms with Crippen LogP contribution in [0.2, 0.25) is 0 Å². The molecule has 1 aliphatic carbocycles. The van der Waals surface area contributed by atoms with E-state index in [4.69, 9.17) is 0 Å². The van der Waals surface area contributed by atoms with Gasteiger partial charge in [0.1, 0.15) is 6.10 Å². The summed E-state index contributed by atoms with van der Waals surface area (Å²) < 4.78 is 0. The highest BCUT2D eigenvalue weighted by Gasteiger charge is 2.17. The average molecular weight is 225 g/mol. The van der Waals surface area contributed by atoms with E-state index in [-0.39, 0.29) is 0 Å². The second kappa shape index (κ2) is 5.36. The number of hydrogen-bond acceptors (Lipinski definition) is 5. The number of nitrogens with zero attached hydrogens (tertiary/aromatic N) is 4. The number of aliphatic hydroxyl groups excluding tert-OH is 1. The second-order valence-electron chi connectivity index (χ2n) is 4.40. The summed E-state index contributed by atoms with van der Waals surface area (Å²) in [5, 5.41) is 24.7. The lowest BCUT2D eigenvalue weighted by Crippen LogP contribution is -2.34. The molecule has 1 atom stereocenters. The minimum Gasteiger partial charge on any atom is -0.384 e. The third-order valence-electron chi connectivity index (χ3n) is 3.03. The van der Waals surface area contributed by atoms with Crippen molar-refractivity contribution in [2.24, 2.45) is 7.05 Å². The molecule has 1 heterocycles. The Bertz CT molecular complexity index is 321. The first-order chi connectivity index (χ1) is 7.75. The predicted molar refractivity (Wildman–Crippen MR) is 58.6 cm³/mol. The summed E-state index contributed by atoms with van der Waals surface area (Å²) in [5.41, 5.74) is 0. The fraction of sp³-hybridized carbons (Fsp3) is 0.900. The lowest BCUT2D eigenvalue weighted by molar-refractivity contribution is 0.156. The molecule has 2 rings (SSSR count). The minimum atomic E-state index is -0.657. The van der Waals surface area contributed by atoms with Crippen LogP contribution in [0.1, 0.15) is 44.0 Å². The Hall–Kier alpha value is -1.01. The van der Waals surface area contributed by atoms with Crippen molar-refractivity contribution < 1.29 is 5.11 Å². The van der Waals surface area contributed by atoms with Gasteiger partial charge in [0.2, 0.25) is 5.82 Å².